The fourth-order valence-electron chi connectivity index (χ4n) is 0.637. The smallest absolute Gasteiger partial charge is 0.346 e. The Balaban J connectivity index is 0.000000921. The third kappa shape index (κ3) is 4.90. The number of nitrogens with zero attached hydrogens (tertiary/aromatic N) is 3. The van der Waals surface area contributed by atoms with Crippen molar-refractivity contribution in [2.45, 2.75) is 13.8 Å². The summed E-state index contributed by atoms with van der Waals surface area (Å²) >= 11 is 0. The lowest BCUT2D eigenvalue weighted by molar-refractivity contribution is 0.610. The minimum Gasteiger partial charge on any atom is -0.369 e. The van der Waals surface area contributed by atoms with Gasteiger partial charge in [0.1, 0.15) is 0 Å². The normalized spacial score (nSPS) is 9.67. The van der Waals surface area contributed by atoms with Crippen LogP contribution >= 0.6 is 0 Å². The van der Waals surface area contributed by atoms with E-state index in [4.69, 9.17) is 0 Å². The van der Waals surface area contributed by atoms with E-state index in [-0.39, 0.29) is 5.82 Å². The molecule has 0 bridgehead atoms. The van der Waals surface area contributed by atoms with Crippen molar-refractivity contribution in [1.82, 2.24) is 14.9 Å². The second-order valence-corrected chi connectivity index (χ2v) is 2.59. The molecule has 0 aliphatic rings. The molecule has 6 heteroatoms. The van der Waals surface area contributed by atoms with Crippen LogP contribution in [-0.2, 0) is 0 Å². The first kappa shape index (κ1) is 13.3. The number of H-pyrrole nitrogens is 1. The average Bonchev–Trinajstić information content (AvgIpc) is 2.22. The molecule has 1 heterocycles. The Morgan fingerprint density at radius 1 is 1.53 bits per heavy atom. The lowest BCUT2D eigenvalue weighted by Gasteiger charge is -2.01. The van der Waals surface area contributed by atoms with Crippen molar-refractivity contribution in [3.63, 3.8) is 0 Å². The largest absolute Gasteiger partial charge is 0.369 e. The highest BCUT2D eigenvalue weighted by molar-refractivity contribution is 5.58. The number of rotatable bonds is 2. The summed E-state index contributed by atoms with van der Waals surface area (Å²) in [4.78, 5) is 21.3. The van der Waals surface area contributed by atoms with Gasteiger partial charge in [-0.15, -0.1) is 0 Å². The molecule has 5 nitrogen and oxygen atoms in total. The molecule has 0 unspecified atom stereocenters. The van der Waals surface area contributed by atoms with Crippen LogP contribution in [0.25, 0.3) is 0 Å². The maximum absolute atomic E-state index is 12.9. The molecule has 1 aromatic rings. The van der Waals surface area contributed by atoms with E-state index in [0.717, 1.165) is 6.20 Å². The summed E-state index contributed by atoms with van der Waals surface area (Å²) in [6.45, 7) is 4.00. The summed E-state index contributed by atoms with van der Waals surface area (Å²) in [5.41, 5.74) is -0.618. The van der Waals surface area contributed by atoms with Crippen molar-refractivity contribution in [2.24, 2.45) is 4.99 Å². The first-order valence-electron chi connectivity index (χ1n) is 4.55. The Morgan fingerprint density at radius 3 is 2.67 bits per heavy atom. The van der Waals surface area contributed by atoms with Gasteiger partial charge in [0.05, 0.1) is 12.5 Å². The van der Waals surface area contributed by atoms with E-state index in [0.29, 0.717) is 0 Å². The van der Waals surface area contributed by atoms with E-state index < -0.39 is 11.5 Å². The van der Waals surface area contributed by atoms with E-state index in [2.05, 4.69) is 15.0 Å². The zero-order valence-electron chi connectivity index (χ0n) is 9.28. The zero-order chi connectivity index (χ0) is 11.8. The standard InChI is InChI=1S/C7H9FN4O.C2H6/c1-12(2)4-10-6-5(8)3-9-7(13)11-6;1-2/h3-4H,1-2H3,(H,9,11,13);1-2H3/b10-4+;. The molecule has 0 saturated carbocycles. The van der Waals surface area contributed by atoms with Crippen LogP contribution in [0.3, 0.4) is 0 Å². The van der Waals surface area contributed by atoms with Crippen LogP contribution in [0.4, 0.5) is 10.2 Å². The molecule has 1 aromatic heterocycles. The molecule has 0 fully saturated rings. The Hall–Kier alpha value is -1.72. The molecule has 0 aliphatic heterocycles. The lowest BCUT2D eigenvalue weighted by Crippen LogP contribution is -2.11. The van der Waals surface area contributed by atoms with Gasteiger partial charge in [0.2, 0.25) is 0 Å². The predicted molar refractivity (Wildman–Crippen MR) is 58.0 cm³/mol. The van der Waals surface area contributed by atoms with Crippen molar-refractivity contribution in [3.8, 4) is 0 Å². The number of halogens is 1. The van der Waals surface area contributed by atoms with Crippen LogP contribution in [0.2, 0.25) is 0 Å². The summed E-state index contributed by atoms with van der Waals surface area (Å²) < 4.78 is 12.9. The first-order chi connectivity index (χ1) is 7.09. The monoisotopic (exact) mass is 214 g/mol. The highest BCUT2D eigenvalue weighted by atomic mass is 19.1. The lowest BCUT2D eigenvalue weighted by atomic mass is 10.6. The maximum Gasteiger partial charge on any atom is 0.346 e. The number of aromatic nitrogens is 2. The molecule has 0 spiro atoms. The van der Waals surface area contributed by atoms with Crippen LogP contribution in [0.5, 0.6) is 0 Å². The molecule has 0 radical (unpaired) electrons. The number of hydrogen-bond acceptors (Lipinski definition) is 3. The third-order valence-electron chi connectivity index (χ3n) is 1.16. The summed E-state index contributed by atoms with van der Waals surface area (Å²) in [6, 6.07) is 0. The van der Waals surface area contributed by atoms with Crippen LogP contribution < -0.4 is 5.69 Å². The van der Waals surface area contributed by atoms with Gasteiger partial charge in [-0.2, -0.15) is 4.98 Å². The molecule has 0 aromatic carbocycles. The highest BCUT2D eigenvalue weighted by Crippen LogP contribution is 2.08. The molecule has 0 aliphatic carbocycles. The van der Waals surface area contributed by atoms with Gasteiger partial charge in [0.25, 0.3) is 0 Å². The van der Waals surface area contributed by atoms with E-state index in [1.54, 1.807) is 19.0 Å². The van der Waals surface area contributed by atoms with Gasteiger partial charge in [-0.05, 0) is 0 Å². The molecule has 0 saturated heterocycles. The SMILES string of the molecule is CC.CN(C)/C=N/c1[nH]c(=O)ncc1F. The molecule has 0 amide bonds. The van der Waals surface area contributed by atoms with E-state index in [1.165, 1.54) is 6.34 Å². The summed E-state index contributed by atoms with van der Waals surface area (Å²) in [6.07, 6.45) is 2.22. The van der Waals surface area contributed by atoms with Gasteiger partial charge in [-0.25, -0.2) is 14.2 Å². The first-order valence-corrected chi connectivity index (χ1v) is 4.55. The number of aromatic amines is 1. The van der Waals surface area contributed by atoms with Crippen LogP contribution in [-0.4, -0.2) is 35.3 Å². The second-order valence-electron chi connectivity index (χ2n) is 2.59. The number of nitrogens with one attached hydrogen (secondary N) is 1. The predicted octanol–water partition coefficient (Wildman–Crippen LogP) is 1.16. The Morgan fingerprint density at radius 2 is 2.13 bits per heavy atom. The number of hydrogen-bond donors (Lipinski definition) is 1. The van der Waals surface area contributed by atoms with E-state index >= 15 is 0 Å². The minimum absolute atomic E-state index is 0.117. The third-order valence-corrected chi connectivity index (χ3v) is 1.16. The van der Waals surface area contributed by atoms with Gasteiger partial charge in [0.15, 0.2) is 11.6 Å². The molecule has 0 atom stereocenters. The van der Waals surface area contributed by atoms with Crippen molar-refractivity contribution in [3.05, 3.63) is 22.5 Å². The van der Waals surface area contributed by atoms with Crippen molar-refractivity contribution >= 4 is 12.2 Å². The average molecular weight is 214 g/mol. The summed E-state index contributed by atoms with van der Waals surface area (Å²) in [7, 11) is 3.47. The van der Waals surface area contributed by atoms with Gasteiger partial charge < -0.3 is 4.90 Å². The molecule has 1 N–H and O–H groups in total. The molecular weight excluding hydrogens is 199 g/mol. The van der Waals surface area contributed by atoms with Crippen LogP contribution in [0.1, 0.15) is 13.8 Å². The van der Waals surface area contributed by atoms with E-state index in [9.17, 15) is 9.18 Å². The maximum atomic E-state index is 12.9. The van der Waals surface area contributed by atoms with Crippen LogP contribution in [0.15, 0.2) is 16.0 Å². The molecular formula is C9H15FN4O. The van der Waals surface area contributed by atoms with Crippen molar-refractivity contribution in [2.75, 3.05) is 14.1 Å². The highest BCUT2D eigenvalue weighted by Gasteiger charge is 2.00. The Bertz CT molecular complexity index is 373. The molecule has 1 rings (SSSR count). The summed E-state index contributed by atoms with van der Waals surface area (Å²) in [5, 5.41) is 0. The number of aliphatic imine (C=N–C) groups is 1. The second kappa shape index (κ2) is 6.69. The van der Waals surface area contributed by atoms with Gasteiger partial charge in [-0.3, -0.25) is 4.98 Å². The van der Waals surface area contributed by atoms with Crippen LogP contribution in [0, 0.1) is 5.82 Å². The van der Waals surface area contributed by atoms with E-state index in [1.807, 2.05) is 13.8 Å². The van der Waals surface area contributed by atoms with Crippen molar-refractivity contribution in [1.29, 1.82) is 0 Å². The molecule has 84 valence electrons. The molecule has 15 heavy (non-hydrogen) atoms. The van der Waals surface area contributed by atoms with Gasteiger partial charge in [0, 0.05) is 14.1 Å². The van der Waals surface area contributed by atoms with Gasteiger partial charge >= 0.3 is 5.69 Å². The zero-order valence-corrected chi connectivity index (χ0v) is 9.28. The fourth-order valence-corrected chi connectivity index (χ4v) is 0.637. The Kier molecular flexibility index (Phi) is 5.92. The van der Waals surface area contributed by atoms with Crippen molar-refractivity contribution < 1.29 is 4.39 Å². The summed E-state index contributed by atoms with van der Waals surface area (Å²) in [5.74, 6) is -0.772. The topological polar surface area (TPSA) is 61.4 Å². The Labute approximate surface area is 87.7 Å². The fraction of sp³-hybridized carbons (Fsp3) is 0.444. The minimum atomic E-state index is -0.655. The van der Waals surface area contributed by atoms with Gasteiger partial charge in [-0.1, -0.05) is 13.8 Å². The quantitative estimate of drug-likeness (QED) is 0.593.